The predicted molar refractivity (Wildman–Crippen MR) is 120 cm³/mol. The third-order valence-electron chi connectivity index (χ3n) is 4.38. The Morgan fingerprint density at radius 2 is 1.50 bits per heavy atom. The maximum absolute atomic E-state index is 12.1. The number of amides is 2. The smallest absolute Gasteiger partial charge is 0.494 e. The number of carbonyl (C=O) groups is 3. The average Bonchev–Trinajstić information content (AvgIpc) is 2.78. The lowest BCUT2D eigenvalue weighted by atomic mass is 10.2. The summed E-state index contributed by atoms with van der Waals surface area (Å²) < 4.78 is 15.2. The van der Waals surface area contributed by atoms with Crippen LogP contribution in [0.1, 0.15) is 42.1 Å². The first-order valence-electron chi connectivity index (χ1n) is 10.7. The van der Waals surface area contributed by atoms with Crippen LogP contribution in [0.5, 0.6) is 11.5 Å². The molecule has 8 heteroatoms. The zero-order chi connectivity index (χ0) is 23.2. The Morgan fingerprint density at radius 1 is 0.844 bits per heavy atom. The molecule has 0 aliphatic rings. The maximum atomic E-state index is 12.1. The Bertz CT molecular complexity index is 865. The summed E-state index contributed by atoms with van der Waals surface area (Å²) in [6.45, 7) is 5.31. The highest BCUT2D eigenvalue weighted by atomic mass is 16.7. The molecule has 0 bridgehead atoms. The second-order valence-electron chi connectivity index (χ2n) is 7.03. The van der Waals surface area contributed by atoms with Crippen molar-refractivity contribution in [3.05, 3.63) is 59.7 Å². The standard InChI is InChI=1S/C24H30N2O6/c1-3-30-24(29)32-21-13-9-19(10-14-21)23(28)26-16-5-15-25-22(27)6-4-17-31-20-11-7-18(2)8-12-20/h7-14H,3-6,15-17H2,1-2H3,(H,25,27)(H,26,28). The highest BCUT2D eigenvalue weighted by Crippen LogP contribution is 2.13. The molecule has 0 saturated heterocycles. The molecule has 0 atom stereocenters. The summed E-state index contributed by atoms with van der Waals surface area (Å²) in [6.07, 6.45) is 0.845. The van der Waals surface area contributed by atoms with E-state index in [4.69, 9.17) is 9.47 Å². The summed E-state index contributed by atoms with van der Waals surface area (Å²) in [6, 6.07) is 14.0. The monoisotopic (exact) mass is 442 g/mol. The maximum Gasteiger partial charge on any atom is 0.513 e. The van der Waals surface area contributed by atoms with Gasteiger partial charge in [-0.25, -0.2) is 4.79 Å². The van der Waals surface area contributed by atoms with E-state index in [0.717, 1.165) is 5.75 Å². The van der Waals surface area contributed by atoms with Crippen molar-refractivity contribution >= 4 is 18.0 Å². The molecule has 0 aromatic heterocycles. The molecule has 0 spiro atoms. The highest BCUT2D eigenvalue weighted by Gasteiger charge is 2.08. The number of benzene rings is 2. The zero-order valence-corrected chi connectivity index (χ0v) is 18.5. The van der Waals surface area contributed by atoms with Crippen LogP contribution in [0.2, 0.25) is 0 Å². The van der Waals surface area contributed by atoms with Crippen LogP contribution in [-0.4, -0.2) is 44.3 Å². The predicted octanol–water partition coefficient (Wildman–Crippen LogP) is 3.63. The summed E-state index contributed by atoms with van der Waals surface area (Å²) in [5.41, 5.74) is 1.62. The van der Waals surface area contributed by atoms with Crippen molar-refractivity contribution in [2.45, 2.75) is 33.1 Å². The van der Waals surface area contributed by atoms with E-state index in [9.17, 15) is 14.4 Å². The van der Waals surface area contributed by atoms with Crippen LogP contribution >= 0.6 is 0 Å². The third-order valence-corrected chi connectivity index (χ3v) is 4.38. The molecule has 0 aliphatic carbocycles. The molecule has 172 valence electrons. The minimum Gasteiger partial charge on any atom is -0.494 e. The molecule has 0 fully saturated rings. The number of rotatable bonds is 12. The first kappa shape index (κ1) is 24.7. The number of ether oxygens (including phenoxy) is 3. The van der Waals surface area contributed by atoms with Gasteiger partial charge in [0.2, 0.25) is 5.91 Å². The number of hydrogen-bond acceptors (Lipinski definition) is 6. The number of aryl methyl sites for hydroxylation is 1. The topological polar surface area (TPSA) is 103 Å². The second-order valence-corrected chi connectivity index (χ2v) is 7.03. The largest absolute Gasteiger partial charge is 0.513 e. The van der Waals surface area contributed by atoms with Gasteiger partial charge in [-0.15, -0.1) is 0 Å². The lowest BCUT2D eigenvalue weighted by Gasteiger charge is -2.08. The highest BCUT2D eigenvalue weighted by molar-refractivity contribution is 5.94. The fourth-order valence-corrected chi connectivity index (χ4v) is 2.68. The van der Waals surface area contributed by atoms with Crippen LogP contribution in [0.15, 0.2) is 48.5 Å². The Kier molecular flexibility index (Phi) is 10.6. The summed E-state index contributed by atoms with van der Waals surface area (Å²) >= 11 is 0. The van der Waals surface area contributed by atoms with Crippen molar-refractivity contribution < 1.29 is 28.6 Å². The van der Waals surface area contributed by atoms with E-state index in [0.29, 0.717) is 50.3 Å². The lowest BCUT2D eigenvalue weighted by molar-refractivity contribution is -0.121. The summed E-state index contributed by atoms with van der Waals surface area (Å²) in [7, 11) is 0. The Labute approximate surface area is 188 Å². The van der Waals surface area contributed by atoms with Crippen molar-refractivity contribution in [2.75, 3.05) is 26.3 Å². The van der Waals surface area contributed by atoms with Gasteiger partial charge >= 0.3 is 6.16 Å². The van der Waals surface area contributed by atoms with Gasteiger partial charge in [-0.1, -0.05) is 17.7 Å². The molecular formula is C24H30N2O6. The molecule has 0 aliphatic heterocycles. The molecule has 8 nitrogen and oxygen atoms in total. The SMILES string of the molecule is CCOC(=O)Oc1ccc(C(=O)NCCCNC(=O)CCCOc2ccc(C)cc2)cc1. The van der Waals surface area contributed by atoms with Gasteiger partial charge in [0.15, 0.2) is 0 Å². The molecule has 0 heterocycles. The van der Waals surface area contributed by atoms with Gasteiger partial charge in [-0.05, 0) is 63.1 Å². The van der Waals surface area contributed by atoms with Crippen LogP contribution < -0.4 is 20.1 Å². The van der Waals surface area contributed by atoms with Crippen LogP contribution in [0.3, 0.4) is 0 Å². The fourth-order valence-electron chi connectivity index (χ4n) is 2.68. The van der Waals surface area contributed by atoms with E-state index in [1.54, 1.807) is 19.1 Å². The summed E-state index contributed by atoms with van der Waals surface area (Å²) in [5.74, 6) is 0.813. The van der Waals surface area contributed by atoms with Gasteiger partial charge in [0.25, 0.3) is 5.91 Å². The summed E-state index contributed by atoms with van der Waals surface area (Å²) in [4.78, 5) is 35.3. The van der Waals surface area contributed by atoms with E-state index < -0.39 is 6.16 Å². The molecule has 2 aromatic carbocycles. The molecular weight excluding hydrogens is 412 g/mol. The Morgan fingerprint density at radius 3 is 2.19 bits per heavy atom. The lowest BCUT2D eigenvalue weighted by Crippen LogP contribution is -2.29. The fraction of sp³-hybridized carbons (Fsp3) is 0.375. The van der Waals surface area contributed by atoms with Crippen molar-refractivity contribution in [1.29, 1.82) is 0 Å². The van der Waals surface area contributed by atoms with Crippen molar-refractivity contribution in [1.82, 2.24) is 10.6 Å². The second kappa shape index (κ2) is 13.7. The van der Waals surface area contributed by atoms with Gasteiger partial charge < -0.3 is 24.8 Å². The summed E-state index contributed by atoms with van der Waals surface area (Å²) in [5, 5.41) is 5.62. The van der Waals surface area contributed by atoms with Crippen LogP contribution in [0.25, 0.3) is 0 Å². The number of hydrogen-bond donors (Lipinski definition) is 2. The van der Waals surface area contributed by atoms with E-state index in [1.807, 2.05) is 31.2 Å². The first-order chi connectivity index (χ1) is 15.5. The average molecular weight is 443 g/mol. The molecule has 32 heavy (non-hydrogen) atoms. The van der Waals surface area contributed by atoms with Crippen LogP contribution in [0, 0.1) is 6.92 Å². The van der Waals surface area contributed by atoms with Crippen LogP contribution in [-0.2, 0) is 9.53 Å². The molecule has 2 aromatic rings. The van der Waals surface area contributed by atoms with E-state index in [-0.39, 0.29) is 18.4 Å². The zero-order valence-electron chi connectivity index (χ0n) is 18.5. The number of nitrogens with one attached hydrogen (secondary N) is 2. The van der Waals surface area contributed by atoms with Gasteiger partial charge in [-0.2, -0.15) is 0 Å². The van der Waals surface area contributed by atoms with Gasteiger partial charge in [-0.3, -0.25) is 9.59 Å². The Balaban J connectivity index is 1.54. The number of carbonyl (C=O) groups excluding carboxylic acids is 3. The molecule has 2 amide bonds. The van der Waals surface area contributed by atoms with Gasteiger partial charge in [0, 0.05) is 25.1 Å². The van der Waals surface area contributed by atoms with E-state index in [2.05, 4.69) is 15.4 Å². The van der Waals surface area contributed by atoms with E-state index in [1.165, 1.54) is 17.7 Å². The van der Waals surface area contributed by atoms with Crippen molar-refractivity contribution in [2.24, 2.45) is 0 Å². The van der Waals surface area contributed by atoms with Gasteiger partial charge in [0.1, 0.15) is 11.5 Å². The van der Waals surface area contributed by atoms with Crippen molar-refractivity contribution in [3.63, 3.8) is 0 Å². The third kappa shape index (κ3) is 9.51. The molecule has 2 rings (SSSR count). The quantitative estimate of drug-likeness (QED) is 0.296. The molecule has 2 N–H and O–H groups in total. The van der Waals surface area contributed by atoms with Crippen molar-refractivity contribution in [3.8, 4) is 11.5 Å². The van der Waals surface area contributed by atoms with Gasteiger partial charge in [0.05, 0.1) is 13.2 Å². The molecule has 0 unspecified atom stereocenters. The molecule has 0 radical (unpaired) electrons. The Hall–Kier alpha value is -3.55. The van der Waals surface area contributed by atoms with E-state index >= 15 is 0 Å². The molecule has 0 saturated carbocycles. The first-order valence-corrected chi connectivity index (χ1v) is 10.7. The van der Waals surface area contributed by atoms with Crippen LogP contribution in [0.4, 0.5) is 4.79 Å². The normalized spacial score (nSPS) is 10.2. The minimum atomic E-state index is -0.787. The minimum absolute atomic E-state index is 0.0407.